The zero-order valence-electron chi connectivity index (χ0n) is 11.3. The van der Waals surface area contributed by atoms with Gasteiger partial charge in [0, 0.05) is 14.1 Å². The molecule has 100 valence electrons. The average molecular weight is 262 g/mol. The number of aliphatic imine (C=N–C) groups is 1. The molecule has 0 saturated carbocycles. The number of amides is 3. The summed E-state index contributed by atoms with van der Waals surface area (Å²) < 4.78 is 1.68. The van der Waals surface area contributed by atoms with Crippen LogP contribution >= 0.6 is 0 Å². The standard InChI is InChI=1S/C12H16N5O2/c1-4-5-8-14-10-9(17(8)7-6-13)11(18)16(3)12(19)15(10)2/h9H,4-5,7H2,1-3H3/q+1. The summed E-state index contributed by atoms with van der Waals surface area (Å²) in [5.74, 6) is 0.794. The van der Waals surface area contributed by atoms with Crippen molar-refractivity contribution >= 4 is 23.6 Å². The summed E-state index contributed by atoms with van der Waals surface area (Å²) >= 11 is 0. The molecule has 2 aliphatic rings. The largest absolute Gasteiger partial charge is 0.333 e. The molecule has 0 spiro atoms. The van der Waals surface area contributed by atoms with Crippen LogP contribution in [0.3, 0.4) is 0 Å². The molecule has 1 atom stereocenters. The first-order valence-corrected chi connectivity index (χ1v) is 6.16. The van der Waals surface area contributed by atoms with E-state index < -0.39 is 12.1 Å². The second-order valence-corrected chi connectivity index (χ2v) is 4.56. The summed E-state index contributed by atoms with van der Waals surface area (Å²) in [6, 6.07) is 1.01. The smallest absolute Gasteiger partial charge is 0.269 e. The van der Waals surface area contributed by atoms with Gasteiger partial charge in [-0.1, -0.05) is 6.92 Å². The van der Waals surface area contributed by atoms with Crippen LogP contribution in [0.4, 0.5) is 4.79 Å². The maximum absolute atomic E-state index is 12.2. The minimum atomic E-state index is -0.645. The highest BCUT2D eigenvalue weighted by Gasteiger charge is 2.52. The highest BCUT2D eigenvalue weighted by atomic mass is 16.2. The van der Waals surface area contributed by atoms with Crippen molar-refractivity contribution in [2.75, 3.05) is 20.6 Å². The average Bonchev–Trinajstić information content (AvgIpc) is 2.74. The quantitative estimate of drug-likeness (QED) is 0.531. The fourth-order valence-corrected chi connectivity index (χ4v) is 2.33. The van der Waals surface area contributed by atoms with Gasteiger partial charge < -0.3 is 0 Å². The highest BCUT2D eigenvalue weighted by Crippen LogP contribution is 2.19. The number of imide groups is 1. The van der Waals surface area contributed by atoms with E-state index in [1.165, 1.54) is 11.9 Å². The molecular formula is C12H16N5O2+. The molecule has 0 aliphatic carbocycles. The topological polar surface area (TPSA) is 79.8 Å². The van der Waals surface area contributed by atoms with Gasteiger partial charge in [0.2, 0.25) is 0 Å². The van der Waals surface area contributed by atoms with Crippen LogP contribution in [0.1, 0.15) is 19.8 Å². The van der Waals surface area contributed by atoms with Crippen molar-refractivity contribution in [3.63, 3.8) is 0 Å². The second kappa shape index (κ2) is 4.80. The molecule has 7 nitrogen and oxygen atoms in total. The van der Waals surface area contributed by atoms with E-state index in [1.807, 2.05) is 6.92 Å². The van der Waals surface area contributed by atoms with Gasteiger partial charge in [0.1, 0.15) is 6.07 Å². The molecule has 2 rings (SSSR count). The van der Waals surface area contributed by atoms with Crippen LogP contribution in [0, 0.1) is 11.3 Å². The number of hydrogen-bond acceptors (Lipinski definition) is 4. The van der Waals surface area contributed by atoms with Gasteiger partial charge in [0.05, 0.1) is 6.42 Å². The maximum atomic E-state index is 12.2. The predicted molar refractivity (Wildman–Crippen MR) is 67.8 cm³/mol. The number of fused-ring (bicyclic) bond motifs is 1. The number of nitriles is 1. The first-order chi connectivity index (χ1) is 9.02. The molecule has 0 aromatic carbocycles. The van der Waals surface area contributed by atoms with E-state index in [-0.39, 0.29) is 12.5 Å². The molecule has 7 heteroatoms. The lowest BCUT2D eigenvalue weighted by molar-refractivity contribution is -0.524. The van der Waals surface area contributed by atoms with Crippen LogP contribution in [0.25, 0.3) is 0 Å². The van der Waals surface area contributed by atoms with Crippen molar-refractivity contribution in [1.82, 2.24) is 9.80 Å². The third-order valence-corrected chi connectivity index (χ3v) is 3.33. The van der Waals surface area contributed by atoms with E-state index in [0.29, 0.717) is 18.1 Å². The van der Waals surface area contributed by atoms with Crippen LogP contribution in [-0.2, 0) is 4.79 Å². The number of rotatable bonds is 3. The number of urea groups is 1. The van der Waals surface area contributed by atoms with Crippen molar-refractivity contribution in [2.45, 2.75) is 25.8 Å². The third kappa shape index (κ3) is 1.89. The van der Waals surface area contributed by atoms with Gasteiger partial charge in [-0.2, -0.15) is 5.26 Å². The van der Waals surface area contributed by atoms with Crippen molar-refractivity contribution in [3.8, 4) is 6.07 Å². The van der Waals surface area contributed by atoms with E-state index in [0.717, 1.165) is 11.3 Å². The number of nitrogens with zero attached hydrogens (tertiary/aromatic N) is 5. The minimum absolute atomic E-state index is 0.0919. The first kappa shape index (κ1) is 13.2. The van der Waals surface area contributed by atoms with Crippen LogP contribution in [0.5, 0.6) is 0 Å². The van der Waals surface area contributed by atoms with Crippen molar-refractivity contribution in [1.29, 1.82) is 5.26 Å². The molecule has 0 N–H and O–H groups in total. The molecule has 0 bridgehead atoms. The van der Waals surface area contributed by atoms with Crippen LogP contribution in [-0.4, -0.2) is 64.7 Å². The molecule has 19 heavy (non-hydrogen) atoms. The Kier molecular flexibility index (Phi) is 3.34. The molecule has 1 saturated heterocycles. The number of likely N-dealkylation sites (N-methyl/N-ethyl adjacent to an activating group) is 2. The van der Waals surface area contributed by atoms with Gasteiger partial charge in [-0.05, 0) is 11.4 Å². The van der Waals surface area contributed by atoms with Gasteiger partial charge in [0.25, 0.3) is 23.6 Å². The Morgan fingerprint density at radius 3 is 2.63 bits per heavy atom. The summed E-state index contributed by atoms with van der Waals surface area (Å²) in [5.41, 5.74) is 0. The van der Waals surface area contributed by atoms with Gasteiger partial charge >= 0.3 is 6.03 Å². The Bertz CT molecular complexity index is 543. The Labute approximate surface area is 111 Å². The zero-order chi connectivity index (χ0) is 14.2. The van der Waals surface area contributed by atoms with Crippen molar-refractivity contribution < 1.29 is 14.2 Å². The Morgan fingerprint density at radius 2 is 2.05 bits per heavy atom. The second-order valence-electron chi connectivity index (χ2n) is 4.56. The maximum Gasteiger partial charge on any atom is 0.333 e. The molecule has 2 aliphatic heterocycles. The highest BCUT2D eigenvalue weighted by molar-refractivity contribution is 6.22. The van der Waals surface area contributed by atoms with E-state index in [4.69, 9.17) is 5.26 Å². The molecule has 1 unspecified atom stereocenters. The molecular weight excluding hydrogens is 246 g/mol. The summed E-state index contributed by atoms with van der Waals surface area (Å²) in [5, 5.41) is 8.91. The van der Waals surface area contributed by atoms with Crippen LogP contribution in [0.15, 0.2) is 4.99 Å². The fourth-order valence-electron chi connectivity index (χ4n) is 2.33. The molecule has 0 aromatic heterocycles. The Balaban J connectivity index is 2.46. The normalized spacial score (nSPS) is 22.6. The molecule has 3 amide bonds. The Morgan fingerprint density at radius 1 is 1.37 bits per heavy atom. The lowest BCUT2D eigenvalue weighted by Crippen LogP contribution is -2.61. The third-order valence-electron chi connectivity index (χ3n) is 3.33. The summed E-state index contributed by atoms with van der Waals surface area (Å²) in [7, 11) is 3.04. The molecule has 1 fully saturated rings. The van der Waals surface area contributed by atoms with Crippen LogP contribution in [0.2, 0.25) is 0 Å². The van der Waals surface area contributed by atoms with Gasteiger partial charge in [0.15, 0.2) is 6.54 Å². The van der Waals surface area contributed by atoms with Crippen molar-refractivity contribution in [2.24, 2.45) is 4.99 Å². The fraction of sp³-hybridized carbons (Fsp3) is 0.583. The first-order valence-electron chi connectivity index (χ1n) is 6.16. The Hall–Kier alpha value is -2.23. The number of carbonyl (C=O) groups is 2. The zero-order valence-corrected chi connectivity index (χ0v) is 11.3. The van der Waals surface area contributed by atoms with E-state index >= 15 is 0 Å². The van der Waals surface area contributed by atoms with Gasteiger partial charge in [-0.3, -0.25) is 14.6 Å². The van der Waals surface area contributed by atoms with Crippen molar-refractivity contribution in [3.05, 3.63) is 0 Å². The predicted octanol–water partition coefficient (Wildman–Crippen LogP) is 0.0256. The molecule has 0 radical (unpaired) electrons. The lowest BCUT2D eigenvalue weighted by atomic mass is 10.1. The van der Waals surface area contributed by atoms with E-state index in [1.54, 1.807) is 11.6 Å². The lowest BCUT2D eigenvalue weighted by Gasteiger charge is -2.30. The van der Waals surface area contributed by atoms with Gasteiger partial charge in [-0.15, -0.1) is 0 Å². The van der Waals surface area contributed by atoms with Gasteiger partial charge in [-0.25, -0.2) is 9.37 Å². The summed E-state index contributed by atoms with van der Waals surface area (Å²) in [6.07, 6.45) is 1.54. The summed E-state index contributed by atoms with van der Waals surface area (Å²) in [4.78, 5) is 30.9. The number of carbonyl (C=O) groups excluding carboxylic acids is 2. The monoisotopic (exact) mass is 262 g/mol. The molecule has 0 aromatic rings. The SMILES string of the molecule is CCCC1=[N+](CC#N)C2C(=O)N(C)C(=O)N(C)C2=N1. The molecule has 2 heterocycles. The van der Waals surface area contributed by atoms with E-state index in [2.05, 4.69) is 11.1 Å². The van der Waals surface area contributed by atoms with Crippen LogP contribution < -0.4 is 0 Å². The van der Waals surface area contributed by atoms with E-state index in [9.17, 15) is 9.59 Å². The summed E-state index contributed by atoms with van der Waals surface area (Å²) in [6.45, 7) is 2.09. The minimum Gasteiger partial charge on any atom is -0.269 e. The number of hydrogen-bond donors (Lipinski definition) is 0. The number of amidine groups is 2.